The largest absolute Gasteiger partial charge is 0.290 e. The molecule has 106 valence electrons. The zero-order valence-electron chi connectivity index (χ0n) is 11.6. The van der Waals surface area contributed by atoms with Crippen LogP contribution >= 0.6 is 0 Å². The van der Waals surface area contributed by atoms with Crippen molar-refractivity contribution in [1.29, 1.82) is 0 Å². The smallest absolute Gasteiger partial charge is 0.195 e. The minimum atomic E-state index is 0.426. The molecule has 0 bridgehead atoms. The van der Waals surface area contributed by atoms with Crippen LogP contribution in [0, 0.1) is 0 Å². The number of nitrogens with zero attached hydrogens (tertiary/aromatic N) is 5. The van der Waals surface area contributed by atoms with E-state index in [-0.39, 0.29) is 0 Å². The second kappa shape index (κ2) is 5.25. The first-order chi connectivity index (χ1) is 10.9. The molecule has 0 amide bonds. The summed E-state index contributed by atoms with van der Waals surface area (Å²) in [6, 6.07) is 18.1. The molecule has 0 radical (unpaired) electrons. The Morgan fingerprint density at radius 1 is 0.909 bits per heavy atom. The number of tetrazole rings is 1. The average molecular weight is 288 g/mol. The van der Waals surface area contributed by atoms with Crippen LogP contribution < -0.4 is 0 Å². The Morgan fingerprint density at radius 3 is 2.55 bits per heavy atom. The topological polar surface area (TPSA) is 72.3 Å². The van der Waals surface area contributed by atoms with E-state index in [2.05, 4.69) is 37.9 Å². The molecule has 22 heavy (non-hydrogen) atoms. The summed E-state index contributed by atoms with van der Waals surface area (Å²) in [6.07, 6.45) is 4.03. The normalized spacial score (nSPS) is 11.5. The molecule has 1 N–H and O–H groups in total. The van der Waals surface area contributed by atoms with Crippen molar-refractivity contribution in [2.75, 3.05) is 0 Å². The molecule has 0 saturated carbocycles. The van der Waals surface area contributed by atoms with Crippen LogP contribution in [0.1, 0.15) is 11.3 Å². The lowest BCUT2D eigenvalue weighted by Gasteiger charge is -1.94. The molecule has 0 atom stereocenters. The van der Waals surface area contributed by atoms with E-state index in [0.717, 1.165) is 22.2 Å². The van der Waals surface area contributed by atoms with E-state index in [4.69, 9.17) is 0 Å². The third-order valence-corrected chi connectivity index (χ3v) is 3.37. The highest BCUT2D eigenvalue weighted by Crippen LogP contribution is 2.22. The summed E-state index contributed by atoms with van der Waals surface area (Å²) < 4.78 is 1.68. The Kier molecular flexibility index (Phi) is 2.97. The van der Waals surface area contributed by atoms with E-state index in [0.29, 0.717) is 5.95 Å². The fourth-order valence-corrected chi connectivity index (χ4v) is 2.35. The average Bonchev–Trinajstić information content (AvgIpc) is 3.22. The van der Waals surface area contributed by atoms with Gasteiger partial charge in [-0.1, -0.05) is 59.7 Å². The zero-order chi connectivity index (χ0) is 14.8. The second-order valence-corrected chi connectivity index (χ2v) is 4.77. The van der Waals surface area contributed by atoms with Crippen molar-refractivity contribution >= 4 is 23.1 Å². The van der Waals surface area contributed by atoms with Crippen LogP contribution in [0.3, 0.4) is 0 Å². The lowest BCUT2D eigenvalue weighted by Crippen LogP contribution is -1.98. The van der Waals surface area contributed by atoms with Crippen molar-refractivity contribution in [2.45, 2.75) is 0 Å². The van der Waals surface area contributed by atoms with Crippen molar-refractivity contribution in [2.24, 2.45) is 0 Å². The molecular formula is C16H12N6. The monoisotopic (exact) mass is 288 g/mol. The van der Waals surface area contributed by atoms with Gasteiger partial charge in [-0.2, -0.15) is 15.0 Å². The standard InChI is InChI=1S/C16H12N6/c1-2-6-12(7-3-1)10-11-14-13-8-4-5-9-15(13)22(19-14)16-17-20-21-18-16/h1-11H,(H,17,18,20,21). The third kappa shape index (κ3) is 2.16. The predicted molar refractivity (Wildman–Crippen MR) is 84.2 cm³/mol. The van der Waals surface area contributed by atoms with E-state index in [1.54, 1.807) is 4.68 Å². The first-order valence-electron chi connectivity index (χ1n) is 6.86. The number of H-pyrrole nitrogens is 1. The Labute approximate surface area is 126 Å². The number of para-hydroxylation sites is 1. The summed E-state index contributed by atoms with van der Waals surface area (Å²) in [5.74, 6) is 0.426. The number of aromatic nitrogens is 6. The van der Waals surface area contributed by atoms with Crippen molar-refractivity contribution in [3.63, 3.8) is 0 Å². The number of fused-ring (bicyclic) bond motifs is 1. The summed E-state index contributed by atoms with van der Waals surface area (Å²) >= 11 is 0. The summed E-state index contributed by atoms with van der Waals surface area (Å²) in [6.45, 7) is 0. The van der Waals surface area contributed by atoms with Crippen molar-refractivity contribution in [1.82, 2.24) is 30.4 Å². The summed E-state index contributed by atoms with van der Waals surface area (Å²) in [4.78, 5) is 0. The number of nitrogens with one attached hydrogen (secondary N) is 1. The fraction of sp³-hybridized carbons (Fsp3) is 0. The maximum Gasteiger partial charge on any atom is 0.290 e. The van der Waals surface area contributed by atoms with Crippen LogP contribution in [0.15, 0.2) is 54.6 Å². The lowest BCUT2D eigenvalue weighted by atomic mass is 10.1. The zero-order valence-corrected chi connectivity index (χ0v) is 11.6. The number of hydrogen-bond acceptors (Lipinski definition) is 4. The van der Waals surface area contributed by atoms with E-state index in [9.17, 15) is 0 Å². The Hall–Kier alpha value is -3.28. The quantitative estimate of drug-likeness (QED) is 0.629. The molecule has 0 aliphatic heterocycles. The van der Waals surface area contributed by atoms with Gasteiger partial charge in [-0.05, 0) is 22.9 Å². The van der Waals surface area contributed by atoms with E-state index >= 15 is 0 Å². The SMILES string of the molecule is C(=Cc1nn(-c2nn[nH]n2)c2ccccc12)c1ccccc1. The van der Waals surface area contributed by atoms with Gasteiger partial charge in [-0.25, -0.2) is 0 Å². The predicted octanol–water partition coefficient (Wildman–Crippen LogP) is 2.71. The van der Waals surface area contributed by atoms with Gasteiger partial charge in [0.15, 0.2) is 0 Å². The molecule has 0 saturated heterocycles. The molecular weight excluding hydrogens is 276 g/mol. The Balaban J connectivity index is 1.83. The van der Waals surface area contributed by atoms with Gasteiger partial charge in [-0.15, -0.1) is 5.10 Å². The molecule has 0 spiro atoms. The maximum atomic E-state index is 4.59. The maximum absolute atomic E-state index is 4.59. The molecule has 6 nitrogen and oxygen atoms in total. The first kappa shape index (κ1) is 12.5. The number of hydrogen-bond donors (Lipinski definition) is 1. The molecule has 2 aromatic heterocycles. The molecule has 0 fully saturated rings. The highest BCUT2D eigenvalue weighted by molar-refractivity contribution is 5.90. The minimum Gasteiger partial charge on any atom is -0.195 e. The Morgan fingerprint density at radius 2 is 1.73 bits per heavy atom. The van der Waals surface area contributed by atoms with Crippen LogP contribution in [-0.4, -0.2) is 30.4 Å². The highest BCUT2D eigenvalue weighted by Gasteiger charge is 2.11. The molecule has 0 aliphatic carbocycles. The molecule has 6 heteroatoms. The van der Waals surface area contributed by atoms with Crippen molar-refractivity contribution in [3.05, 3.63) is 65.9 Å². The van der Waals surface area contributed by atoms with Crippen LogP contribution in [0.2, 0.25) is 0 Å². The van der Waals surface area contributed by atoms with Crippen molar-refractivity contribution in [3.8, 4) is 5.95 Å². The number of aromatic amines is 1. The van der Waals surface area contributed by atoms with E-state index < -0.39 is 0 Å². The summed E-state index contributed by atoms with van der Waals surface area (Å²) in [5, 5.41) is 19.7. The first-order valence-corrected chi connectivity index (χ1v) is 6.86. The summed E-state index contributed by atoms with van der Waals surface area (Å²) in [7, 11) is 0. The van der Waals surface area contributed by atoms with Crippen LogP contribution in [0.5, 0.6) is 0 Å². The molecule has 2 aromatic carbocycles. The van der Waals surface area contributed by atoms with E-state index in [1.807, 2.05) is 54.6 Å². The highest BCUT2D eigenvalue weighted by atomic mass is 15.5. The minimum absolute atomic E-state index is 0.426. The number of benzene rings is 2. The molecule has 0 aliphatic rings. The molecule has 2 heterocycles. The van der Waals surface area contributed by atoms with Crippen LogP contribution in [0.25, 0.3) is 29.0 Å². The van der Waals surface area contributed by atoms with Gasteiger partial charge in [0, 0.05) is 5.39 Å². The van der Waals surface area contributed by atoms with Gasteiger partial charge in [0.25, 0.3) is 5.95 Å². The van der Waals surface area contributed by atoms with Gasteiger partial charge in [0.2, 0.25) is 0 Å². The molecule has 0 unspecified atom stereocenters. The van der Waals surface area contributed by atoms with E-state index in [1.165, 1.54) is 0 Å². The van der Waals surface area contributed by atoms with Crippen LogP contribution in [0.4, 0.5) is 0 Å². The lowest BCUT2D eigenvalue weighted by molar-refractivity contribution is 0.833. The fourth-order valence-electron chi connectivity index (χ4n) is 2.35. The van der Waals surface area contributed by atoms with Gasteiger partial charge < -0.3 is 0 Å². The van der Waals surface area contributed by atoms with Crippen molar-refractivity contribution < 1.29 is 0 Å². The number of rotatable bonds is 3. The Bertz CT molecular complexity index is 922. The van der Waals surface area contributed by atoms with Gasteiger partial charge in [-0.3, -0.25) is 0 Å². The summed E-state index contributed by atoms with van der Waals surface area (Å²) in [5.41, 5.74) is 2.93. The van der Waals surface area contributed by atoms with Gasteiger partial charge in [0.05, 0.1) is 11.2 Å². The third-order valence-electron chi connectivity index (χ3n) is 3.37. The second-order valence-electron chi connectivity index (χ2n) is 4.77. The van der Waals surface area contributed by atoms with Gasteiger partial charge in [0.1, 0.15) is 0 Å². The molecule has 4 aromatic rings. The van der Waals surface area contributed by atoms with Crippen LogP contribution in [-0.2, 0) is 0 Å². The molecule has 4 rings (SSSR count). The van der Waals surface area contributed by atoms with Gasteiger partial charge >= 0.3 is 0 Å².